The first-order valence-corrected chi connectivity index (χ1v) is 6.80. The van der Waals surface area contributed by atoms with Crippen molar-refractivity contribution in [3.8, 4) is 0 Å². The van der Waals surface area contributed by atoms with Crippen LogP contribution in [-0.2, 0) is 16.1 Å². The van der Waals surface area contributed by atoms with Crippen molar-refractivity contribution < 1.29 is 14.6 Å². The van der Waals surface area contributed by atoms with Crippen molar-refractivity contribution in [2.45, 2.75) is 46.5 Å². The van der Waals surface area contributed by atoms with Crippen LogP contribution < -0.4 is 0 Å². The minimum atomic E-state index is -0.765. The second-order valence-corrected chi connectivity index (χ2v) is 5.34. The van der Waals surface area contributed by atoms with Gasteiger partial charge in [-0.25, -0.2) is 0 Å². The maximum Gasteiger partial charge on any atom is 0.140 e. The lowest BCUT2D eigenvalue weighted by atomic mass is 9.90. The van der Waals surface area contributed by atoms with Crippen molar-refractivity contribution in [2.24, 2.45) is 11.8 Å². The lowest BCUT2D eigenvalue weighted by Crippen LogP contribution is -2.37. The van der Waals surface area contributed by atoms with Crippen LogP contribution in [0.2, 0.25) is 0 Å². The van der Waals surface area contributed by atoms with Gasteiger partial charge in [0, 0.05) is 11.8 Å². The molecular weight excluding hydrogens is 240 g/mol. The fourth-order valence-electron chi connectivity index (χ4n) is 2.00. The molecule has 0 fully saturated rings. The summed E-state index contributed by atoms with van der Waals surface area (Å²) in [6.45, 7) is 7.71. The lowest BCUT2D eigenvalue weighted by molar-refractivity contribution is -0.133. The summed E-state index contributed by atoms with van der Waals surface area (Å²) in [5.41, 5.74) is 1.06. The molecule has 1 aromatic rings. The number of carbonyl (C=O) groups excluding carboxylic acids is 1. The van der Waals surface area contributed by atoms with Crippen molar-refractivity contribution in [2.75, 3.05) is 0 Å². The first-order valence-electron chi connectivity index (χ1n) is 6.80. The Bertz CT molecular complexity index is 386. The van der Waals surface area contributed by atoms with E-state index in [1.165, 1.54) is 0 Å². The Hall–Kier alpha value is -1.19. The van der Waals surface area contributed by atoms with E-state index in [1.54, 1.807) is 13.8 Å². The molecule has 0 amide bonds. The van der Waals surface area contributed by atoms with Crippen molar-refractivity contribution in [1.82, 2.24) is 0 Å². The highest BCUT2D eigenvalue weighted by atomic mass is 16.5. The number of hydrogen-bond acceptors (Lipinski definition) is 3. The third kappa shape index (κ3) is 4.77. The van der Waals surface area contributed by atoms with Crippen LogP contribution in [0.1, 0.15) is 33.3 Å². The average Bonchev–Trinajstić information content (AvgIpc) is 2.43. The van der Waals surface area contributed by atoms with E-state index >= 15 is 0 Å². The van der Waals surface area contributed by atoms with Gasteiger partial charge in [0.1, 0.15) is 5.78 Å². The molecule has 3 atom stereocenters. The van der Waals surface area contributed by atoms with E-state index in [1.807, 2.05) is 44.2 Å². The minimum Gasteiger partial charge on any atom is -0.390 e. The summed E-state index contributed by atoms with van der Waals surface area (Å²) in [6, 6.07) is 9.80. The van der Waals surface area contributed by atoms with E-state index in [0.29, 0.717) is 6.61 Å². The van der Waals surface area contributed by atoms with Crippen LogP contribution in [-0.4, -0.2) is 23.1 Å². The Balaban J connectivity index is 2.48. The maximum atomic E-state index is 11.8. The molecular formula is C16H24O3. The number of aliphatic hydroxyl groups excluding tert-OH is 1. The van der Waals surface area contributed by atoms with E-state index in [-0.39, 0.29) is 17.8 Å². The van der Waals surface area contributed by atoms with Gasteiger partial charge in [-0.15, -0.1) is 0 Å². The van der Waals surface area contributed by atoms with Crippen molar-refractivity contribution in [3.05, 3.63) is 35.9 Å². The van der Waals surface area contributed by atoms with Gasteiger partial charge in [-0.3, -0.25) is 4.79 Å². The molecule has 0 unspecified atom stereocenters. The standard InChI is InChI=1S/C16H24O3/c1-11(2)15(17)12(3)16(18)13(4)19-10-14-8-6-5-7-9-14/h5-9,11-13,16,18H,10H2,1-4H3/t12-,13+,16-/m1/s1. The Morgan fingerprint density at radius 3 is 2.26 bits per heavy atom. The molecule has 0 saturated heterocycles. The Morgan fingerprint density at radius 2 is 1.74 bits per heavy atom. The quantitative estimate of drug-likeness (QED) is 0.823. The predicted octanol–water partition coefficient (Wildman–Crippen LogP) is 2.81. The fraction of sp³-hybridized carbons (Fsp3) is 0.562. The van der Waals surface area contributed by atoms with Crippen molar-refractivity contribution in [3.63, 3.8) is 0 Å². The second-order valence-electron chi connectivity index (χ2n) is 5.34. The topological polar surface area (TPSA) is 46.5 Å². The van der Waals surface area contributed by atoms with E-state index in [2.05, 4.69) is 0 Å². The van der Waals surface area contributed by atoms with Gasteiger partial charge in [0.05, 0.1) is 18.8 Å². The molecule has 0 bridgehead atoms. The fourth-order valence-corrected chi connectivity index (χ4v) is 2.00. The zero-order valence-electron chi connectivity index (χ0n) is 12.2. The number of benzene rings is 1. The molecule has 1 aromatic carbocycles. The molecule has 1 rings (SSSR count). The van der Waals surface area contributed by atoms with Gasteiger partial charge in [0.15, 0.2) is 0 Å². The third-order valence-electron chi connectivity index (χ3n) is 3.37. The first-order chi connectivity index (χ1) is 8.93. The van der Waals surface area contributed by atoms with Gasteiger partial charge < -0.3 is 9.84 Å². The molecule has 0 spiro atoms. The molecule has 1 N–H and O–H groups in total. The minimum absolute atomic E-state index is 0.0639. The van der Waals surface area contributed by atoms with Crippen molar-refractivity contribution in [1.29, 1.82) is 0 Å². The largest absolute Gasteiger partial charge is 0.390 e. The van der Waals surface area contributed by atoms with E-state index in [9.17, 15) is 9.90 Å². The first kappa shape index (κ1) is 15.9. The van der Waals surface area contributed by atoms with Crippen LogP contribution in [0.5, 0.6) is 0 Å². The second kappa shape index (κ2) is 7.41. The van der Waals surface area contributed by atoms with Crippen LogP contribution in [0.4, 0.5) is 0 Å². The lowest BCUT2D eigenvalue weighted by Gasteiger charge is -2.25. The van der Waals surface area contributed by atoms with E-state index in [0.717, 1.165) is 5.56 Å². The predicted molar refractivity (Wildman–Crippen MR) is 75.7 cm³/mol. The number of Topliss-reactive ketones (excluding diaryl/α,β-unsaturated/α-hetero) is 1. The van der Waals surface area contributed by atoms with Crippen LogP contribution in [0, 0.1) is 11.8 Å². The number of ketones is 1. The molecule has 0 heterocycles. The highest BCUT2D eigenvalue weighted by molar-refractivity contribution is 5.83. The Kier molecular flexibility index (Phi) is 6.19. The number of hydrogen-bond donors (Lipinski definition) is 1. The van der Waals surface area contributed by atoms with Gasteiger partial charge in [0.2, 0.25) is 0 Å². The zero-order valence-corrected chi connectivity index (χ0v) is 12.2. The number of carbonyl (C=O) groups is 1. The van der Waals surface area contributed by atoms with E-state index in [4.69, 9.17) is 4.74 Å². The molecule has 0 aliphatic rings. The van der Waals surface area contributed by atoms with Crippen LogP contribution in [0.3, 0.4) is 0 Å². The smallest absolute Gasteiger partial charge is 0.140 e. The summed E-state index contributed by atoms with van der Waals surface area (Å²) in [5, 5.41) is 10.1. The summed E-state index contributed by atoms with van der Waals surface area (Å²) < 4.78 is 5.64. The van der Waals surface area contributed by atoms with Gasteiger partial charge >= 0.3 is 0 Å². The van der Waals surface area contributed by atoms with Gasteiger partial charge in [-0.05, 0) is 12.5 Å². The average molecular weight is 264 g/mol. The SMILES string of the molecule is CC(C)C(=O)[C@@H](C)[C@@H](O)[C@H](C)OCc1ccccc1. The normalized spacial score (nSPS) is 16.1. The molecule has 0 radical (unpaired) electrons. The van der Waals surface area contributed by atoms with Gasteiger partial charge in [-0.1, -0.05) is 51.1 Å². The molecule has 0 aliphatic heterocycles. The molecule has 0 aromatic heterocycles. The molecule has 19 heavy (non-hydrogen) atoms. The van der Waals surface area contributed by atoms with Gasteiger partial charge in [0.25, 0.3) is 0 Å². The highest BCUT2D eigenvalue weighted by Gasteiger charge is 2.28. The van der Waals surface area contributed by atoms with Crippen LogP contribution in [0.15, 0.2) is 30.3 Å². The third-order valence-corrected chi connectivity index (χ3v) is 3.37. The highest BCUT2D eigenvalue weighted by Crippen LogP contribution is 2.16. The summed E-state index contributed by atoms with van der Waals surface area (Å²) in [5.74, 6) is -0.389. The van der Waals surface area contributed by atoms with Gasteiger partial charge in [-0.2, -0.15) is 0 Å². The number of ether oxygens (including phenoxy) is 1. The Labute approximate surface area is 115 Å². The molecule has 0 aliphatic carbocycles. The summed E-state index contributed by atoms with van der Waals surface area (Å²) in [7, 11) is 0. The molecule has 106 valence electrons. The molecule has 3 nitrogen and oxygen atoms in total. The summed E-state index contributed by atoms with van der Waals surface area (Å²) in [6.07, 6.45) is -1.13. The Morgan fingerprint density at radius 1 is 1.16 bits per heavy atom. The zero-order chi connectivity index (χ0) is 14.4. The maximum absolute atomic E-state index is 11.8. The van der Waals surface area contributed by atoms with Crippen LogP contribution >= 0.6 is 0 Å². The monoisotopic (exact) mass is 264 g/mol. The van der Waals surface area contributed by atoms with Crippen LogP contribution in [0.25, 0.3) is 0 Å². The molecule has 3 heteroatoms. The summed E-state index contributed by atoms with van der Waals surface area (Å²) in [4.78, 5) is 11.8. The number of rotatable bonds is 7. The van der Waals surface area contributed by atoms with E-state index < -0.39 is 12.0 Å². The van der Waals surface area contributed by atoms with Crippen molar-refractivity contribution >= 4 is 5.78 Å². The molecule has 0 saturated carbocycles. The number of aliphatic hydroxyl groups is 1. The summed E-state index contributed by atoms with van der Waals surface area (Å²) >= 11 is 0.